The van der Waals surface area contributed by atoms with Gasteiger partial charge in [0.05, 0.1) is 23.2 Å². The summed E-state index contributed by atoms with van der Waals surface area (Å²) in [6, 6.07) is 0. The van der Waals surface area contributed by atoms with Crippen molar-refractivity contribution in [1.29, 1.82) is 0 Å². The van der Waals surface area contributed by atoms with Gasteiger partial charge in [0, 0.05) is 18.3 Å². The first-order valence-corrected chi connectivity index (χ1v) is 24.1. The minimum absolute atomic E-state index is 0.00563. The highest BCUT2D eigenvalue weighted by Gasteiger charge is 2.71. The summed E-state index contributed by atoms with van der Waals surface area (Å²) in [7, 11) is 0. The van der Waals surface area contributed by atoms with Crippen LogP contribution in [0.4, 0.5) is 0 Å². The Balaban J connectivity index is 1.04. The van der Waals surface area contributed by atoms with Crippen molar-refractivity contribution in [3.8, 4) is 0 Å². The Morgan fingerprint density at radius 3 is 1.63 bits per heavy atom. The van der Waals surface area contributed by atoms with Crippen LogP contribution < -0.4 is 0 Å². The van der Waals surface area contributed by atoms with E-state index in [4.69, 9.17) is 14.2 Å². The quantitative estimate of drug-likeness (QED) is 0.0690. The van der Waals surface area contributed by atoms with E-state index >= 15 is 0 Å². The zero-order chi connectivity index (χ0) is 45.8. The Hall–Kier alpha value is -3.70. The standard InChI is InChI=1S/C51H72O12/c1-27(2)31-23-50-17-11-35-46(5,13-9-15-48(35,7)44(57)58)37(50)19-29(31)41(33(50)21-39(53)54)43(56)63-26-62-40(55)22-34-42(61-25-52)30-20-38-47(6)14-10-16-49(8,45(59)60)36(47)12-18-51(34,38)24-32(30)28(3)4/h23-25,27-30,33-38,41-42H,9-22,26H2,1-8H3,(H,53,54)(H,57,58)(H,59,60). The predicted molar refractivity (Wildman–Crippen MR) is 230 cm³/mol. The molecular weight excluding hydrogens is 805 g/mol. The van der Waals surface area contributed by atoms with Gasteiger partial charge in [-0.2, -0.15) is 0 Å². The summed E-state index contributed by atoms with van der Waals surface area (Å²) in [6.07, 6.45) is 12.3. The largest absolute Gasteiger partial charge is 0.481 e. The number of allylic oxidation sites excluding steroid dienone is 3. The van der Waals surface area contributed by atoms with E-state index in [-0.39, 0.29) is 71.0 Å². The number of carbonyl (C=O) groups excluding carboxylic acids is 3. The van der Waals surface area contributed by atoms with Gasteiger partial charge < -0.3 is 29.5 Å². The van der Waals surface area contributed by atoms with Gasteiger partial charge in [0.2, 0.25) is 6.79 Å². The lowest BCUT2D eigenvalue weighted by atomic mass is 9.34. The average Bonchev–Trinajstić information content (AvgIpc) is 3.20. The molecule has 0 aliphatic heterocycles. The van der Waals surface area contributed by atoms with Gasteiger partial charge in [-0.15, -0.1) is 0 Å². The van der Waals surface area contributed by atoms with Crippen LogP contribution in [-0.2, 0) is 43.0 Å². The molecule has 0 aromatic carbocycles. The molecule has 10 aliphatic carbocycles. The highest BCUT2D eigenvalue weighted by molar-refractivity contribution is 5.78. The summed E-state index contributed by atoms with van der Waals surface area (Å²) in [4.78, 5) is 79.1. The van der Waals surface area contributed by atoms with Crippen LogP contribution in [0.3, 0.4) is 0 Å². The molecule has 3 N–H and O–H groups in total. The van der Waals surface area contributed by atoms with E-state index in [1.807, 2.05) is 13.8 Å². The van der Waals surface area contributed by atoms with E-state index in [0.717, 1.165) is 37.7 Å². The number of carbonyl (C=O) groups is 6. The maximum atomic E-state index is 14.5. The van der Waals surface area contributed by atoms with Crippen LogP contribution in [0.1, 0.15) is 145 Å². The van der Waals surface area contributed by atoms with Gasteiger partial charge >= 0.3 is 29.8 Å². The Labute approximate surface area is 372 Å². The second kappa shape index (κ2) is 15.7. The third-order valence-electron chi connectivity index (χ3n) is 20.3. The molecule has 16 unspecified atom stereocenters. The lowest BCUT2D eigenvalue weighted by molar-refractivity contribution is -0.214. The molecule has 348 valence electrons. The molecule has 0 saturated heterocycles. The molecule has 10 rings (SSSR count). The predicted octanol–water partition coefficient (Wildman–Crippen LogP) is 9.10. The Kier molecular flexibility index (Phi) is 11.5. The number of rotatable bonds is 13. The zero-order valence-electron chi connectivity index (χ0n) is 38.8. The minimum Gasteiger partial charge on any atom is -0.481 e. The van der Waals surface area contributed by atoms with E-state index in [1.165, 1.54) is 5.57 Å². The van der Waals surface area contributed by atoms with Gasteiger partial charge in [0.15, 0.2) is 0 Å². The van der Waals surface area contributed by atoms with Gasteiger partial charge in [-0.25, -0.2) is 0 Å². The van der Waals surface area contributed by atoms with Crippen LogP contribution >= 0.6 is 0 Å². The van der Waals surface area contributed by atoms with Gasteiger partial charge in [-0.05, 0) is 147 Å². The first-order valence-electron chi connectivity index (χ1n) is 24.1. The Bertz CT molecular complexity index is 1990. The number of fused-ring (bicyclic) bond motifs is 4. The van der Waals surface area contributed by atoms with Crippen LogP contribution in [0, 0.1) is 97.6 Å². The minimum atomic E-state index is -0.999. The fourth-order valence-electron chi connectivity index (χ4n) is 17.8. The smallest absolute Gasteiger partial charge is 0.312 e. The summed E-state index contributed by atoms with van der Waals surface area (Å²) >= 11 is 0. The third-order valence-corrected chi connectivity index (χ3v) is 20.3. The van der Waals surface area contributed by atoms with Crippen LogP contribution in [-0.4, -0.2) is 64.5 Å². The lowest BCUT2D eigenvalue weighted by Gasteiger charge is -2.69. The number of esters is 2. The van der Waals surface area contributed by atoms with E-state index in [2.05, 4.69) is 53.7 Å². The van der Waals surface area contributed by atoms with Crippen LogP contribution in [0.15, 0.2) is 23.3 Å². The summed E-state index contributed by atoms with van der Waals surface area (Å²) in [6.45, 7) is 16.6. The van der Waals surface area contributed by atoms with Crippen LogP contribution in [0.5, 0.6) is 0 Å². The van der Waals surface area contributed by atoms with Crippen molar-refractivity contribution < 1.29 is 58.3 Å². The number of carboxylic acid groups (broad SMARTS) is 3. The third kappa shape index (κ3) is 6.60. The lowest BCUT2D eigenvalue weighted by Crippen LogP contribution is -2.66. The molecule has 4 bridgehead atoms. The van der Waals surface area contributed by atoms with Crippen molar-refractivity contribution in [3.05, 3.63) is 23.3 Å². The molecule has 6 fully saturated rings. The molecule has 0 aromatic rings. The molecule has 12 heteroatoms. The second-order valence-corrected chi connectivity index (χ2v) is 23.3. The van der Waals surface area contributed by atoms with Crippen molar-refractivity contribution in [2.75, 3.05) is 6.79 Å². The monoisotopic (exact) mass is 877 g/mol. The van der Waals surface area contributed by atoms with Gasteiger partial charge in [-0.1, -0.05) is 77.7 Å². The van der Waals surface area contributed by atoms with E-state index < -0.39 is 82.2 Å². The molecule has 12 nitrogen and oxygen atoms in total. The van der Waals surface area contributed by atoms with E-state index in [9.17, 15) is 44.1 Å². The van der Waals surface area contributed by atoms with Crippen molar-refractivity contribution in [1.82, 2.24) is 0 Å². The van der Waals surface area contributed by atoms with Crippen molar-refractivity contribution in [2.45, 2.75) is 151 Å². The maximum absolute atomic E-state index is 14.5. The first kappa shape index (κ1) is 45.9. The fourth-order valence-corrected chi connectivity index (χ4v) is 17.8. The number of aliphatic carboxylic acids is 3. The number of ether oxygens (including phenoxy) is 3. The zero-order valence-corrected chi connectivity index (χ0v) is 38.8. The molecule has 6 saturated carbocycles. The molecular formula is C51H72O12. The molecule has 0 heterocycles. The number of hydrogen-bond donors (Lipinski definition) is 3. The number of hydrogen-bond acceptors (Lipinski definition) is 9. The molecule has 63 heavy (non-hydrogen) atoms. The van der Waals surface area contributed by atoms with Crippen LogP contribution in [0.2, 0.25) is 0 Å². The summed E-state index contributed by atoms with van der Waals surface area (Å²) in [5, 5.41) is 31.4. The summed E-state index contributed by atoms with van der Waals surface area (Å²) < 4.78 is 17.6. The highest BCUT2D eigenvalue weighted by atomic mass is 16.7. The topological polar surface area (TPSA) is 191 Å². The van der Waals surface area contributed by atoms with Gasteiger partial charge in [0.25, 0.3) is 6.47 Å². The van der Waals surface area contributed by atoms with Crippen molar-refractivity contribution in [3.63, 3.8) is 0 Å². The Morgan fingerprint density at radius 2 is 1.16 bits per heavy atom. The second-order valence-electron chi connectivity index (χ2n) is 23.3. The van der Waals surface area contributed by atoms with E-state index in [1.54, 1.807) is 0 Å². The molecule has 2 spiro atoms. The number of carboxylic acids is 3. The fraction of sp³-hybridized carbons (Fsp3) is 0.804. The molecule has 0 aromatic heterocycles. The molecule has 16 atom stereocenters. The molecule has 0 amide bonds. The average molecular weight is 877 g/mol. The Morgan fingerprint density at radius 1 is 0.667 bits per heavy atom. The first-order chi connectivity index (χ1) is 29.6. The van der Waals surface area contributed by atoms with Gasteiger partial charge in [0.1, 0.15) is 6.10 Å². The molecule has 0 radical (unpaired) electrons. The summed E-state index contributed by atoms with van der Waals surface area (Å²) in [5.74, 6) is -5.64. The summed E-state index contributed by atoms with van der Waals surface area (Å²) in [5.41, 5.74) is -1.21. The highest BCUT2D eigenvalue weighted by Crippen LogP contribution is 2.75. The van der Waals surface area contributed by atoms with Crippen molar-refractivity contribution >= 4 is 36.3 Å². The SMILES string of the molecule is CC(C)C1=CC23CCC4C(C)(C(=O)O)CCCC4(C)C2CC1C(OC=O)C3CC(=O)OCOC(=O)C1C2CC3C4(C)CCCC(C)(C(=O)O)C4CCC3(C=C2C(C)C)C1CC(=O)O. The normalized spacial score (nSPS) is 45.7. The maximum Gasteiger partial charge on any atom is 0.312 e. The van der Waals surface area contributed by atoms with Crippen molar-refractivity contribution in [2.24, 2.45) is 97.6 Å². The van der Waals surface area contributed by atoms with Gasteiger partial charge in [-0.3, -0.25) is 28.8 Å². The van der Waals surface area contributed by atoms with E-state index in [0.29, 0.717) is 51.4 Å². The molecule has 10 aliphatic rings. The van der Waals surface area contributed by atoms with Crippen LogP contribution in [0.25, 0.3) is 0 Å².